The lowest BCUT2D eigenvalue weighted by Crippen LogP contribution is -2.40. The SMILES string of the molecule is CC(C)(C)C(=O)OCn1cnc(-c2cccc(-c3cc(F)c(CNCC(F)(F)C4CCCCC4)c(F)c3)c2)n1. The highest BCUT2D eigenvalue weighted by atomic mass is 19.3. The van der Waals surface area contributed by atoms with Gasteiger partial charge in [0.05, 0.1) is 12.0 Å². The molecule has 1 aliphatic carbocycles. The summed E-state index contributed by atoms with van der Waals surface area (Å²) in [5.41, 5.74) is 0.503. The quantitative estimate of drug-likeness (QED) is 0.238. The van der Waals surface area contributed by atoms with Gasteiger partial charge < -0.3 is 10.1 Å². The van der Waals surface area contributed by atoms with Crippen molar-refractivity contribution in [1.82, 2.24) is 20.1 Å². The number of carbonyl (C=O) groups excluding carboxylic acids is 1. The van der Waals surface area contributed by atoms with Gasteiger partial charge in [-0.1, -0.05) is 37.5 Å². The van der Waals surface area contributed by atoms with Crippen molar-refractivity contribution in [3.05, 3.63) is 59.9 Å². The summed E-state index contributed by atoms with van der Waals surface area (Å²) in [7, 11) is 0. The molecule has 0 atom stereocenters. The van der Waals surface area contributed by atoms with Crippen LogP contribution in [0.1, 0.15) is 58.4 Å². The second-order valence-electron chi connectivity index (χ2n) is 11.1. The molecule has 0 bridgehead atoms. The van der Waals surface area contributed by atoms with Crippen LogP contribution in [0.5, 0.6) is 0 Å². The lowest BCUT2D eigenvalue weighted by Gasteiger charge is -2.30. The molecule has 0 radical (unpaired) electrons. The highest BCUT2D eigenvalue weighted by molar-refractivity contribution is 5.75. The number of benzene rings is 2. The molecule has 10 heteroatoms. The molecule has 39 heavy (non-hydrogen) atoms. The van der Waals surface area contributed by atoms with E-state index in [0.717, 1.165) is 19.3 Å². The molecule has 0 saturated heterocycles. The van der Waals surface area contributed by atoms with Crippen molar-refractivity contribution in [3.8, 4) is 22.5 Å². The predicted molar refractivity (Wildman–Crippen MR) is 140 cm³/mol. The molecule has 3 aromatic rings. The summed E-state index contributed by atoms with van der Waals surface area (Å²) < 4.78 is 65.4. The Labute approximate surface area is 225 Å². The summed E-state index contributed by atoms with van der Waals surface area (Å²) in [6.45, 7) is 4.20. The molecule has 2 aromatic carbocycles. The molecule has 0 spiro atoms. The first-order valence-electron chi connectivity index (χ1n) is 13.2. The van der Waals surface area contributed by atoms with Gasteiger partial charge in [-0.25, -0.2) is 27.2 Å². The molecular formula is C29H34F4N4O2. The zero-order chi connectivity index (χ0) is 28.2. The van der Waals surface area contributed by atoms with Crippen molar-refractivity contribution in [2.24, 2.45) is 11.3 Å². The summed E-state index contributed by atoms with van der Waals surface area (Å²) in [6, 6.07) is 9.23. The molecular weight excluding hydrogens is 512 g/mol. The molecule has 0 amide bonds. The summed E-state index contributed by atoms with van der Waals surface area (Å²) in [6.07, 6.45) is 4.93. The second-order valence-corrected chi connectivity index (χ2v) is 11.1. The largest absolute Gasteiger partial charge is 0.442 e. The Morgan fingerprint density at radius 1 is 1.03 bits per heavy atom. The number of esters is 1. The molecule has 1 aromatic heterocycles. The minimum atomic E-state index is -2.91. The van der Waals surface area contributed by atoms with Crippen LogP contribution in [0, 0.1) is 23.0 Å². The van der Waals surface area contributed by atoms with Gasteiger partial charge in [-0.15, -0.1) is 5.10 Å². The fourth-order valence-electron chi connectivity index (χ4n) is 4.63. The number of hydrogen-bond acceptors (Lipinski definition) is 5. The zero-order valence-corrected chi connectivity index (χ0v) is 22.4. The van der Waals surface area contributed by atoms with Crippen molar-refractivity contribution < 1.29 is 27.1 Å². The standard InChI is InChI=1S/C29H34F4N4O2/c1-28(2,3)27(38)39-18-37-17-35-26(36-37)20-9-7-8-19(12-20)21-13-24(30)23(25(31)14-21)15-34-16-29(32,33)22-10-5-4-6-11-22/h7-9,12-14,17,22,34H,4-6,10-11,15-16,18H2,1-3H3. The molecule has 1 aliphatic rings. The van der Waals surface area contributed by atoms with Gasteiger partial charge in [0.15, 0.2) is 12.6 Å². The van der Waals surface area contributed by atoms with E-state index in [4.69, 9.17) is 4.74 Å². The van der Waals surface area contributed by atoms with Crippen LogP contribution in [-0.2, 0) is 22.8 Å². The smallest absolute Gasteiger partial charge is 0.313 e. The molecule has 1 heterocycles. The molecule has 6 nitrogen and oxygen atoms in total. The number of alkyl halides is 2. The van der Waals surface area contributed by atoms with Gasteiger partial charge >= 0.3 is 5.97 Å². The molecule has 1 N–H and O–H groups in total. The van der Waals surface area contributed by atoms with Crippen molar-refractivity contribution in [2.45, 2.75) is 72.1 Å². The molecule has 1 fully saturated rings. The highest BCUT2D eigenvalue weighted by Crippen LogP contribution is 2.36. The Morgan fingerprint density at radius 3 is 2.36 bits per heavy atom. The topological polar surface area (TPSA) is 69.0 Å². The molecule has 0 unspecified atom stereocenters. The summed E-state index contributed by atoms with van der Waals surface area (Å²) in [5.74, 6) is -5.25. The van der Waals surface area contributed by atoms with E-state index in [1.54, 1.807) is 45.0 Å². The van der Waals surface area contributed by atoms with Gasteiger partial charge in [0.1, 0.15) is 18.0 Å². The van der Waals surface area contributed by atoms with Gasteiger partial charge in [0.25, 0.3) is 5.92 Å². The fraction of sp³-hybridized carbons (Fsp3) is 0.483. The maximum Gasteiger partial charge on any atom is 0.313 e. The Hall–Kier alpha value is -3.27. The minimum absolute atomic E-state index is 0.0959. The van der Waals surface area contributed by atoms with Crippen molar-refractivity contribution in [2.75, 3.05) is 6.54 Å². The van der Waals surface area contributed by atoms with Gasteiger partial charge in [-0.2, -0.15) is 0 Å². The number of hydrogen-bond donors (Lipinski definition) is 1. The van der Waals surface area contributed by atoms with Crippen LogP contribution >= 0.6 is 0 Å². The zero-order valence-electron chi connectivity index (χ0n) is 22.4. The van der Waals surface area contributed by atoms with Gasteiger partial charge in [0.2, 0.25) is 0 Å². The van der Waals surface area contributed by atoms with Crippen molar-refractivity contribution in [3.63, 3.8) is 0 Å². The maximum absolute atomic E-state index is 14.9. The summed E-state index contributed by atoms with van der Waals surface area (Å²) >= 11 is 0. The van der Waals surface area contributed by atoms with Gasteiger partial charge in [-0.3, -0.25) is 4.79 Å². The summed E-state index contributed by atoms with van der Waals surface area (Å²) in [5, 5.41) is 6.87. The Balaban J connectivity index is 1.42. The van der Waals surface area contributed by atoms with Crippen LogP contribution in [0.3, 0.4) is 0 Å². The Bertz CT molecular complexity index is 1270. The first kappa shape index (κ1) is 28.7. The van der Waals surface area contributed by atoms with Crippen LogP contribution in [0.4, 0.5) is 17.6 Å². The third kappa shape index (κ3) is 7.23. The van der Waals surface area contributed by atoms with Crippen molar-refractivity contribution in [1.29, 1.82) is 0 Å². The first-order valence-corrected chi connectivity index (χ1v) is 13.2. The Kier molecular flexibility index (Phi) is 8.73. The lowest BCUT2D eigenvalue weighted by atomic mass is 9.84. The highest BCUT2D eigenvalue weighted by Gasteiger charge is 2.39. The van der Waals surface area contributed by atoms with E-state index in [-0.39, 0.29) is 24.8 Å². The average molecular weight is 547 g/mol. The Morgan fingerprint density at radius 2 is 1.69 bits per heavy atom. The normalized spacial score (nSPS) is 14.9. The maximum atomic E-state index is 14.9. The number of nitrogens with one attached hydrogen (secondary N) is 1. The van der Waals surface area contributed by atoms with E-state index < -0.39 is 35.4 Å². The number of halogens is 4. The van der Waals surface area contributed by atoms with Gasteiger partial charge in [0, 0.05) is 23.6 Å². The van der Waals surface area contributed by atoms with Gasteiger partial charge in [-0.05, 0) is 62.9 Å². The minimum Gasteiger partial charge on any atom is -0.442 e. The van der Waals surface area contributed by atoms with E-state index in [1.807, 2.05) is 0 Å². The molecule has 1 saturated carbocycles. The third-order valence-electron chi connectivity index (χ3n) is 6.94. The number of carbonyl (C=O) groups is 1. The van der Waals surface area contributed by atoms with Crippen LogP contribution in [0.2, 0.25) is 0 Å². The summed E-state index contributed by atoms with van der Waals surface area (Å²) in [4.78, 5) is 16.2. The first-order chi connectivity index (χ1) is 18.4. The van der Waals surface area contributed by atoms with E-state index in [0.29, 0.717) is 35.4 Å². The molecule has 0 aliphatic heterocycles. The predicted octanol–water partition coefficient (Wildman–Crippen LogP) is 6.74. The third-order valence-corrected chi connectivity index (χ3v) is 6.94. The van der Waals surface area contributed by atoms with Crippen LogP contribution in [0.15, 0.2) is 42.7 Å². The average Bonchev–Trinajstić information content (AvgIpc) is 3.38. The molecule has 4 rings (SSSR count). The lowest BCUT2D eigenvalue weighted by molar-refractivity contribution is -0.157. The number of rotatable bonds is 9. The number of aromatic nitrogens is 3. The fourth-order valence-corrected chi connectivity index (χ4v) is 4.63. The van der Waals surface area contributed by atoms with Crippen LogP contribution in [-0.4, -0.2) is 33.2 Å². The van der Waals surface area contributed by atoms with Crippen molar-refractivity contribution >= 4 is 5.97 Å². The van der Waals surface area contributed by atoms with E-state index >= 15 is 0 Å². The second kappa shape index (κ2) is 11.9. The number of ether oxygens (including phenoxy) is 1. The van der Waals surface area contributed by atoms with E-state index in [1.165, 1.54) is 23.1 Å². The van der Waals surface area contributed by atoms with E-state index in [9.17, 15) is 22.4 Å². The number of nitrogens with zero attached hydrogens (tertiary/aromatic N) is 3. The molecule has 210 valence electrons. The van der Waals surface area contributed by atoms with Crippen LogP contribution < -0.4 is 5.32 Å². The van der Waals surface area contributed by atoms with Crippen LogP contribution in [0.25, 0.3) is 22.5 Å². The monoisotopic (exact) mass is 546 g/mol. The van der Waals surface area contributed by atoms with E-state index in [2.05, 4.69) is 15.4 Å².